The SMILES string of the molecule is COc1ccc(OC)c(C2C3=C(CCCC3=O)Nc3nc(SCc4ccccc4F)nn32)c1. The van der Waals surface area contributed by atoms with Crippen LogP contribution in [0.2, 0.25) is 0 Å². The number of hydrogen-bond acceptors (Lipinski definition) is 7. The lowest BCUT2D eigenvalue weighted by molar-refractivity contribution is -0.116. The van der Waals surface area contributed by atoms with Crippen molar-refractivity contribution >= 4 is 23.5 Å². The Kier molecular flexibility index (Phi) is 5.80. The van der Waals surface area contributed by atoms with Crippen LogP contribution < -0.4 is 14.8 Å². The molecule has 33 heavy (non-hydrogen) atoms. The summed E-state index contributed by atoms with van der Waals surface area (Å²) in [5, 5.41) is 8.52. The van der Waals surface area contributed by atoms with Crippen molar-refractivity contribution in [2.24, 2.45) is 0 Å². The predicted octanol–water partition coefficient (Wildman–Crippen LogP) is 4.75. The molecule has 0 spiro atoms. The van der Waals surface area contributed by atoms with Crippen LogP contribution in [0.4, 0.5) is 10.3 Å². The van der Waals surface area contributed by atoms with Crippen molar-refractivity contribution in [1.29, 1.82) is 0 Å². The number of carbonyl (C=O) groups is 1. The molecular formula is C24H23FN4O3S. The fraction of sp³-hybridized carbons (Fsp3) is 0.292. The minimum absolute atomic E-state index is 0.0836. The van der Waals surface area contributed by atoms with Crippen LogP contribution >= 0.6 is 11.8 Å². The second-order valence-electron chi connectivity index (χ2n) is 7.85. The Morgan fingerprint density at radius 2 is 2.03 bits per heavy atom. The Morgan fingerprint density at radius 3 is 2.82 bits per heavy atom. The maximum Gasteiger partial charge on any atom is 0.227 e. The van der Waals surface area contributed by atoms with Crippen LogP contribution in [-0.2, 0) is 10.5 Å². The van der Waals surface area contributed by atoms with E-state index in [0.717, 1.165) is 24.1 Å². The van der Waals surface area contributed by atoms with Gasteiger partial charge in [-0.2, -0.15) is 4.98 Å². The van der Waals surface area contributed by atoms with E-state index in [9.17, 15) is 9.18 Å². The molecule has 5 rings (SSSR count). The summed E-state index contributed by atoms with van der Waals surface area (Å²) in [6.45, 7) is 0. The Morgan fingerprint density at radius 1 is 1.18 bits per heavy atom. The molecule has 0 saturated carbocycles. The van der Waals surface area contributed by atoms with Crippen LogP contribution in [0.25, 0.3) is 0 Å². The molecule has 2 aromatic carbocycles. The number of anilines is 1. The first kappa shape index (κ1) is 21.5. The number of hydrogen-bond donors (Lipinski definition) is 1. The van der Waals surface area contributed by atoms with Gasteiger partial charge in [-0.3, -0.25) is 4.79 Å². The smallest absolute Gasteiger partial charge is 0.227 e. The quantitative estimate of drug-likeness (QED) is 0.525. The summed E-state index contributed by atoms with van der Waals surface area (Å²) in [4.78, 5) is 17.7. The van der Waals surface area contributed by atoms with Crippen LogP contribution in [0, 0.1) is 5.82 Å². The van der Waals surface area contributed by atoms with E-state index in [2.05, 4.69) is 10.3 Å². The van der Waals surface area contributed by atoms with Crippen molar-refractivity contribution in [2.75, 3.05) is 19.5 Å². The third-order valence-electron chi connectivity index (χ3n) is 5.89. The third kappa shape index (κ3) is 3.97. The molecule has 1 aromatic heterocycles. The van der Waals surface area contributed by atoms with E-state index >= 15 is 0 Å². The van der Waals surface area contributed by atoms with Crippen molar-refractivity contribution < 1.29 is 18.7 Å². The van der Waals surface area contributed by atoms with Gasteiger partial charge in [0.2, 0.25) is 11.1 Å². The highest BCUT2D eigenvalue weighted by Crippen LogP contribution is 2.44. The summed E-state index contributed by atoms with van der Waals surface area (Å²) in [6, 6.07) is 11.7. The Balaban J connectivity index is 1.57. The summed E-state index contributed by atoms with van der Waals surface area (Å²) in [7, 11) is 3.20. The number of carbonyl (C=O) groups excluding carboxylic acids is 1. The van der Waals surface area contributed by atoms with Gasteiger partial charge in [0.05, 0.1) is 14.2 Å². The van der Waals surface area contributed by atoms with Gasteiger partial charge in [0.1, 0.15) is 23.4 Å². The van der Waals surface area contributed by atoms with Gasteiger partial charge in [-0.1, -0.05) is 30.0 Å². The molecule has 7 nitrogen and oxygen atoms in total. The van der Waals surface area contributed by atoms with Crippen molar-refractivity contribution in [3.05, 3.63) is 70.7 Å². The summed E-state index contributed by atoms with van der Waals surface area (Å²) in [6.07, 6.45) is 2.03. The largest absolute Gasteiger partial charge is 0.497 e. The minimum atomic E-state index is -0.496. The number of ether oxygens (including phenoxy) is 2. The monoisotopic (exact) mass is 466 g/mol. The zero-order valence-electron chi connectivity index (χ0n) is 18.3. The van der Waals surface area contributed by atoms with E-state index in [-0.39, 0.29) is 11.6 Å². The number of Topliss-reactive ketones (excluding diaryl/α,β-unsaturated/α-hetero) is 1. The molecule has 2 aliphatic rings. The maximum atomic E-state index is 14.1. The first-order valence-corrected chi connectivity index (χ1v) is 11.7. The Bertz CT molecular complexity index is 1260. The van der Waals surface area contributed by atoms with Gasteiger partial charge in [-0.25, -0.2) is 9.07 Å². The van der Waals surface area contributed by atoms with Gasteiger partial charge < -0.3 is 14.8 Å². The van der Waals surface area contributed by atoms with Gasteiger partial charge in [0.25, 0.3) is 0 Å². The third-order valence-corrected chi connectivity index (χ3v) is 6.78. The molecule has 1 aliphatic heterocycles. The second-order valence-corrected chi connectivity index (χ2v) is 8.79. The van der Waals surface area contributed by atoms with Crippen LogP contribution in [0.1, 0.15) is 36.4 Å². The number of halogens is 1. The molecular weight excluding hydrogens is 443 g/mol. The van der Waals surface area contributed by atoms with Crippen LogP contribution in [0.3, 0.4) is 0 Å². The number of ketones is 1. The fourth-order valence-electron chi connectivity index (χ4n) is 4.30. The predicted molar refractivity (Wildman–Crippen MR) is 123 cm³/mol. The number of thioether (sulfide) groups is 1. The van der Waals surface area contributed by atoms with E-state index in [1.165, 1.54) is 17.8 Å². The molecule has 1 N–H and O–H groups in total. The fourth-order valence-corrected chi connectivity index (χ4v) is 5.11. The molecule has 1 aliphatic carbocycles. The van der Waals surface area contributed by atoms with E-state index in [0.29, 0.717) is 45.9 Å². The minimum Gasteiger partial charge on any atom is -0.497 e. The standard InChI is InChI=1S/C24H23FN4O3S/c1-31-15-10-11-20(32-2)16(12-15)22-21-18(8-5-9-19(21)30)26-23-27-24(28-29(22)23)33-13-14-6-3-4-7-17(14)25/h3-4,6-7,10-12,22H,5,8-9,13H2,1-2H3,(H,26,27,28). The molecule has 1 unspecified atom stereocenters. The van der Waals surface area contributed by atoms with Crippen molar-refractivity contribution in [3.63, 3.8) is 0 Å². The average Bonchev–Trinajstić information content (AvgIpc) is 3.24. The molecule has 0 bridgehead atoms. The van der Waals surface area contributed by atoms with E-state index in [1.54, 1.807) is 37.1 Å². The number of fused-ring (bicyclic) bond motifs is 1. The van der Waals surface area contributed by atoms with E-state index < -0.39 is 6.04 Å². The summed E-state index contributed by atoms with van der Waals surface area (Å²) in [5.74, 6) is 2.07. The number of nitrogens with zero attached hydrogens (tertiary/aromatic N) is 3. The van der Waals surface area contributed by atoms with E-state index in [4.69, 9.17) is 14.6 Å². The molecule has 3 aromatic rings. The molecule has 0 radical (unpaired) electrons. The number of allylic oxidation sites excluding steroid dienone is 2. The summed E-state index contributed by atoms with van der Waals surface area (Å²) < 4.78 is 26.9. The number of benzene rings is 2. The number of nitrogens with one attached hydrogen (secondary N) is 1. The summed E-state index contributed by atoms with van der Waals surface area (Å²) >= 11 is 1.35. The second kappa shape index (κ2) is 8.90. The maximum absolute atomic E-state index is 14.1. The average molecular weight is 467 g/mol. The van der Waals surface area contributed by atoms with Crippen LogP contribution in [0.5, 0.6) is 11.5 Å². The lowest BCUT2D eigenvalue weighted by Gasteiger charge is -2.32. The first-order chi connectivity index (χ1) is 16.1. The van der Waals surface area contributed by atoms with Gasteiger partial charge >= 0.3 is 0 Å². The Labute approximate surface area is 195 Å². The van der Waals surface area contributed by atoms with Crippen molar-refractivity contribution in [1.82, 2.24) is 14.8 Å². The highest BCUT2D eigenvalue weighted by Gasteiger charge is 2.38. The van der Waals surface area contributed by atoms with Crippen LogP contribution in [-0.4, -0.2) is 34.8 Å². The molecule has 0 amide bonds. The topological polar surface area (TPSA) is 78.3 Å². The molecule has 9 heteroatoms. The Hall–Kier alpha value is -3.33. The van der Waals surface area contributed by atoms with E-state index in [1.807, 2.05) is 18.2 Å². The molecule has 0 fully saturated rings. The number of aromatic nitrogens is 3. The van der Waals surface area contributed by atoms with Crippen LogP contribution in [0.15, 0.2) is 58.9 Å². The van der Waals surface area contributed by atoms with Gasteiger partial charge in [0, 0.05) is 29.0 Å². The normalized spacial score (nSPS) is 17.3. The van der Waals surface area contributed by atoms with Gasteiger partial charge in [-0.15, -0.1) is 5.10 Å². The molecule has 0 saturated heterocycles. The van der Waals surface area contributed by atoms with Gasteiger partial charge in [-0.05, 0) is 42.7 Å². The summed E-state index contributed by atoms with van der Waals surface area (Å²) in [5.41, 5.74) is 2.90. The first-order valence-electron chi connectivity index (χ1n) is 10.7. The van der Waals surface area contributed by atoms with Crippen molar-refractivity contribution in [3.8, 4) is 11.5 Å². The van der Waals surface area contributed by atoms with Gasteiger partial charge in [0.15, 0.2) is 5.78 Å². The lowest BCUT2D eigenvalue weighted by Crippen LogP contribution is -2.31. The molecule has 170 valence electrons. The highest BCUT2D eigenvalue weighted by molar-refractivity contribution is 7.98. The zero-order valence-corrected chi connectivity index (χ0v) is 19.1. The van der Waals surface area contributed by atoms with Crippen molar-refractivity contribution in [2.45, 2.75) is 36.2 Å². The lowest BCUT2D eigenvalue weighted by atomic mass is 9.85. The molecule has 1 atom stereocenters. The molecule has 2 heterocycles. The zero-order chi connectivity index (χ0) is 22.9. The number of methoxy groups -OCH3 is 2. The number of rotatable bonds is 6. The highest BCUT2D eigenvalue weighted by atomic mass is 32.2.